The van der Waals surface area contributed by atoms with E-state index in [0.29, 0.717) is 26.1 Å². The Hall–Kier alpha value is -2.93. The minimum absolute atomic E-state index is 0.162. The van der Waals surface area contributed by atoms with Gasteiger partial charge in [0, 0.05) is 17.7 Å². The molecule has 1 saturated heterocycles. The highest BCUT2D eigenvalue weighted by Crippen LogP contribution is 2.41. The summed E-state index contributed by atoms with van der Waals surface area (Å²) in [4.78, 5) is 27.5. The Morgan fingerprint density at radius 3 is 2.40 bits per heavy atom. The monoisotopic (exact) mass is 484 g/mol. The first kappa shape index (κ1) is 28.3. The Kier molecular flexibility index (Phi) is 9.44. The van der Waals surface area contributed by atoms with Crippen LogP contribution >= 0.6 is 0 Å². The molecule has 7 nitrogen and oxygen atoms in total. The van der Waals surface area contributed by atoms with E-state index in [4.69, 9.17) is 20.2 Å². The van der Waals surface area contributed by atoms with Crippen molar-refractivity contribution in [1.82, 2.24) is 4.98 Å². The minimum atomic E-state index is -0.725. The van der Waals surface area contributed by atoms with Gasteiger partial charge >= 0.3 is 12.1 Å². The number of ether oxygens (including phenoxy) is 3. The Balaban J connectivity index is 0.000000466. The highest BCUT2D eigenvalue weighted by Gasteiger charge is 2.45. The van der Waals surface area contributed by atoms with Gasteiger partial charge < -0.3 is 19.9 Å². The van der Waals surface area contributed by atoms with Crippen LogP contribution in [0.3, 0.4) is 0 Å². The summed E-state index contributed by atoms with van der Waals surface area (Å²) in [5, 5.41) is 1.12. The van der Waals surface area contributed by atoms with Gasteiger partial charge in [-0.05, 0) is 78.5 Å². The van der Waals surface area contributed by atoms with E-state index in [0.717, 1.165) is 28.6 Å². The van der Waals surface area contributed by atoms with Crippen molar-refractivity contribution in [1.29, 1.82) is 0 Å². The van der Waals surface area contributed by atoms with Gasteiger partial charge in [-0.15, -0.1) is 0 Å². The summed E-state index contributed by atoms with van der Waals surface area (Å²) in [6, 6.07) is 10.4. The van der Waals surface area contributed by atoms with Gasteiger partial charge in [0.2, 0.25) is 0 Å². The molecule has 2 heterocycles. The number of carbonyl (C=O) groups excluding carboxylic acids is 2. The fourth-order valence-corrected chi connectivity index (χ4v) is 4.10. The van der Waals surface area contributed by atoms with Crippen molar-refractivity contribution in [2.45, 2.75) is 78.9 Å². The molecule has 1 aliphatic heterocycles. The molecule has 1 atom stereocenters. The number of esters is 1. The number of aryl methyl sites for hydroxylation is 1. The second-order valence-corrected chi connectivity index (χ2v) is 10.4. The van der Waals surface area contributed by atoms with Crippen molar-refractivity contribution in [3.63, 3.8) is 0 Å². The number of hydrogen-bond acceptors (Lipinski definition) is 6. The second kappa shape index (κ2) is 11.7. The molecule has 7 heteroatoms. The number of primary amides is 1. The summed E-state index contributed by atoms with van der Waals surface area (Å²) >= 11 is 0. The van der Waals surface area contributed by atoms with Crippen molar-refractivity contribution < 1.29 is 23.8 Å². The number of nitrogens with zero attached hydrogens (tertiary/aromatic N) is 1. The van der Waals surface area contributed by atoms with Crippen LogP contribution in [0, 0.1) is 5.41 Å². The van der Waals surface area contributed by atoms with Gasteiger partial charge in [0.1, 0.15) is 5.60 Å². The van der Waals surface area contributed by atoms with Gasteiger partial charge in [-0.1, -0.05) is 37.3 Å². The quantitative estimate of drug-likeness (QED) is 0.536. The maximum absolute atomic E-state index is 12.8. The van der Waals surface area contributed by atoms with E-state index < -0.39 is 17.1 Å². The van der Waals surface area contributed by atoms with E-state index in [1.54, 1.807) is 20.8 Å². The molecule has 2 aromatic rings. The molecule has 3 rings (SSSR count). The topological polar surface area (TPSA) is 101 Å². The molecule has 1 aromatic carbocycles. The van der Waals surface area contributed by atoms with Crippen LogP contribution in [-0.2, 0) is 25.4 Å². The fraction of sp³-hybridized carbons (Fsp3) is 0.536. The summed E-state index contributed by atoms with van der Waals surface area (Å²) in [5.74, 6) is -0.162. The lowest BCUT2D eigenvalue weighted by Gasteiger charge is -2.41. The Morgan fingerprint density at radius 1 is 1.17 bits per heavy atom. The highest BCUT2D eigenvalue weighted by atomic mass is 16.6. The van der Waals surface area contributed by atoms with Gasteiger partial charge in [0.05, 0.1) is 23.1 Å². The normalized spacial score (nSPS) is 19.6. The molecular formula is C28H40N2O5. The van der Waals surface area contributed by atoms with Crippen LogP contribution in [0.5, 0.6) is 0 Å². The van der Waals surface area contributed by atoms with Gasteiger partial charge in [0.25, 0.3) is 0 Å². The SMILES string of the molecule is CC(C)(C)OC(N)=O.CCOC(=O)C1(/C=C/c2ccc3ccc(CC)nc3c2)CCOC(C)(C)C1. The number of rotatable bonds is 5. The number of carbonyl (C=O) groups is 2. The smallest absolute Gasteiger partial charge is 0.405 e. The van der Waals surface area contributed by atoms with Crippen molar-refractivity contribution in [2.24, 2.45) is 11.1 Å². The average molecular weight is 485 g/mol. The molecule has 1 fully saturated rings. The number of benzene rings is 1. The number of nitrogens with two attached hydrogens (primary N) is 1. The number of fused-ring (bicyclic) bond motifs is 1. The predicted octanol–water partition coefficient (Wildman–Crippen LogP) is 5.83. The fourth-order valence-electron chi connectivity index (χ4n) is 4.10. The van der Waals surface area contributed by atoms with E-state index in [2.05, 4.69) is 42.0 Å². The molecule has 1 unspecified atom stereocenters. The van der Waals surface area contributed by atoms with E-state index in [-0.39, 0.29) is 11.6 Å². The zero-order valence-corrected chi connectivity index (χ0v) is 22.1. The summed E-state index contributed by atoms with van der Waals surface area (Å²) in [7, 11) is 0. The van der Waals surface area contributed by atoms with Crippen molar-refractivity contribution >= 4 is 29.0 Å². The van der Waals surface area contributed by atoms with Crippen molar-refractivity contribution in [2.75, 3.05) is 13.2 Å². The lowest BCUT2D eigenvalue weighted by atomic mass is 9.73. The number of pyridine rings is 1. The first-order valence-electron chi connectivity index (χ1n) is 12.2. The predicted molar refractivity (Wildman–Crippen MR) is 139 cm³/mol. The first-order valence-corrected chi connectivity index (χ1v) is 12.2. The number of aromatic nitrogens is 1. The van der Waals surface area contributed by atoms with Crippen LogP contribution < -0.4 is 5.73 Å². The molecule has 0 bridgehead atoms. The molecule has 1 amide bonds. The lowest BCUT2D eigenvalue weighted by molar-refractivity contribution is -0.166. The lowest BCUT2D eigenvalue weighted by Crippen LogP contribution is -2.45. The maximum atomic E-state index is 12.8. The summed E-state index contributed by atoms with van der Waals surface area (Å²) in [5.41, 5.74) is 6.37. The van der Waals surface area contributed by atoms with Crippen LogP contribution in [0.2, 0.25) is 0 Å². The zero-order valence-electron chi connectivity index (χ0n) is 22.1. The number of amides is 1. The number of hydrogen-bond donors (Lipinski definition) is 1. The van der Waals surface area contributed by atoms with Gasteiger partial charge in [-0.25, -0.2) is 4.79 Å². The van der Waals surface area contributed by atoms with E-state index in [9.17, 15) is 9.59 Å². The molecule has 0 spiro atoms. The molecule has 35 heavy (non-hydrogen) atoms. The van der Waals surface area contributed by atoms with E-state index in [1.807, 2.05) is 32.9 Å². The van der Waals surface area contributed by atoms with Crippen LogP contribution in [-0.4, -0.2) is 41.5 Å². The summed E-state index contributed by atoms with van der Waals surface area (Å²) in [6.07, 6.45) is 5.48. The molecule has 0 radical (unpaired) electrons. The highest BCUT2D eigenvalue weighted by molar-refractivity contribution is 5.83. The van der Waals surface area contributed by atoms with Crippen molar-refractivity contribution in [3.8, 4) is 0 Å². The minimum Gasteiger partial charge on any atom is -0.465 e. The maximum Gasteiger partial charge on any atom is 0.405 e. The third kappa shape index (κ3) is 8.66. The van der Waals surface area contributed by atoms with Crippen LogP contribution in [0.4, 0.5) is 4.79 Å². The summed E-state index contributed by atoms with van der Waals surface area (Å²) < 4.78 is 15.8. The molecule has 1 aromatic heterocycles. The molecule has 1 aliphatic rings. The van der Waals surface area contributed by atoms with E-state index >= 15 is 0 Å². The van der Waals surface area contributed by atoms with Crippen LogP contribution in [0.1, 0.15) is 72.6 Å². The molecule has 0 saturated carbocycles. The molecular weight excluding hydrogens is 444 g/mol. The average Bonchev–Trinajstić information content (AvgIpc) is 2.75. The van der Waals surface area contributed by atoms with Crippen molar-refractivity contribution in [3.05, 3.63) is 47.7 Å². The standard InChI is InChI=1S/C23H29NO3.C5H11NO2/c1-5-19-10-9-18-8-7-17(15-20(18)24-19)11-12-23(21(25)26-6-2)13-14-27-22(3,4)16-23;1-5(2,3)8-4(6)7/h7-12,15H,5-6,13-14,16H2,1-4H3;1-3H3,(H2,6,7)/b12-11+;. The molecule has 0 aliphatic carbocycles. The molecule has 2 N–H and O–H groups in total. The Morgan fingerprint density at radius 2 is 1.86 bits per heavy atom. The Bertz CT molecular complexity index is 1050. The van der Waals surface area contributed by atoms with Gasteiger partial charge in [0.15, 0.2) is 0 Å². The second-order valence-electron chi connectivity index (χ2n) is 10.4. The van der Waals surface area contributed by atoms with Gasteiger partial charge in [-0.2, -0.15) is 0 Å². The zero-order chi connectivity index (χ0) is 26.3. The summed E-state index contributed by atoms with van der Waals surface area (Å²) in [6.45, 7) is 14.2. The third-order valence-electron chi connectivity index (χ3n) is 5.60. The third-order valence-corrected chi connectivity index (χ3v) is 5.60. The first-order chi connectivity index (χ1) is 16.3. The molecule has 192 valence electrons. The Labute approximate surface area is 209 Å². The van der Waals surface area contributed by atoms with E-state index in [1.165, 1.54) is 0 Å². The van der Waals surface area contributed by atoms with Crippen LogP contribution in [0.15, 0.2) is 36.4 Å². The van der Waals surface area contributed by atoms with Gasteiger partial charge in [-0.3, -0.25) is 9.78 Å². The van der Waals surface area contributed by atoms with Crippen LogP contribution in [0.25, 0.3) is 17.0 Å². The largest absolute Gasteiger partial charge is 0.465 e.